The van der Waals surface area contributed by atoms with Crippen molar-refractivity contribution < 1.29 is 9.53 Å². The van der Waals surface area contributed by atoms with E-state index in [0.29, 0.717) is 0 Å². The molecule has 1 aliphatic carbocycles. The minimum absolute atomic E-state index is 0.0494. The molecule has 0 radical (unpaired) electrons. The van der Waals surface area contributed by atoms with E-state index in [4.69, 9.17) is 11.2 Å². The summed E-state index contributed by atoms with van der Waals surface area (Å²) < 4.78 is 5.52. The zero-order chi connectivity index (χ0) is 16.2. The van der Waals surface area contributed by atoms with Crippen molar-refractivity contribution in [2.45, 2.75) is 47.1 Å². The summed E-state index contributed by atoms with van der Waals surface area (Å²) in [6.45, 7) is 13.8. The second kappa shape index (κ2) is 6.80. The van der Waals surface area contributed by atoms with Crippen LogP contribution in [0.2, 0.25) is 0 Å². The monoisotopic (exact) mass is 286 g/mol. The average Bonchev–Trinajstić information content (AvgIpc) is 2.93. The largest absolute Gasteiger partial charge is 0.444 e. The summed E-state index contributed by atoms with van der Waals surface area (Å²) >= 11 is 0. The normalized spacial score (nSPS) is 24.5. The molecule has 1 fully saturated rings. The Bertz CT molecular complexity index is 510. The Morgan fingerprint density at radius 3 is 2.52 bits per heavy atom. The van der Waals surface area contributed by atoms with Gasteiger partial charge in [-0.2, -0.15) is 0 Å². The Morgan fingerprint density at radius 1 is 1.43 bits per heavy atom. The third-order valence-corrected chi connectivity index (χ3v) is 4.08. The molecule has 0 spiro atoms. The lowest BCUT2D eigenvalue weighted by atomic mass is 10.1. The van der Waals surface area contributed by atoms with E-state index in [9.17, 15) is 4.79 Å². The third-order valence-electron chi connectivity index (χ3n) is 4.08. The molecular formula is C19H26O2. The van der Waals surface area contributed by atoms with Crippen LogP contribution in [0.5, 0.6) is 0 Å². The third kappa shape index (κ3) is 4.11. The molecule has 2 nitrogen and oxygen atoms in total. The van der Waals surface area contributed by atoms with Crippen LogP contribution in [-0.2, 0) is 9.53 Å². The molecule has 1 aliphatic rings. The van der Waals surface area contributed by atoms with E-state index in [1.807, 2.05) is 26.8 Å². The lowest BCUT2D eigenvalue weighted by Gasteiger charge is -2.13. The lowest BCUT2D eigenvalue weighted by molar-refractivity contribution is -0.147. The maximum absolute atomic E-state index is 12.4. The van der Waals surface area contributed by atoms with E-state index in [2.05, 4.69) is 32.4 Å². The highest BCUT2D eigenvalue weighted by atomic mass is 16.5. The molecule has 21 heavy (non-hydrogen) atoms. The Balaban J connectivity index is 2.75. The Hall–Kier alpha value is -1.75. The molecule has 0 saturated heterocycles. The molecule has 0 amide bonds. The first-order valence-electron chi connectivity index (χ1n) is 7.34. The maximum atomic E-state index is 12.4. The van der Waals surface area contributed by atoms with Crippen molar-refractivity contribution in [1.82, 2.24) is 0 Å². The van der Waals surface area contributed by atoms with Crippen LogP contribution in [0, 0.1) is 29.6 Å². The van der Waals surface area contributed by atoms with Gasteiger partial charge in [0, 0.05) is 0 Å². The lowest BCUT2D eigenvalue weighted by Crippen LogP contribution is -2.20. The van der Waals surface area contributed by atoms with Crippen LogP contribution in [0.3, 0.4) is 0 Å². The second-order valence-corrected chi connectivity index (χ2v) is 6.52. The molecule has 2 heteroatoms. The molecule has 1 saturated carbocycles. The van der Waals surface area contributed by atoms with Gasteiger partial charge in [0.25, 0.3) is 0 Å². The van der Waals surface area contributed by atoms with E-state index < -0.39 is 6.10 Å². The number of ether oxygens (including phenoxy) is 1. The molecule has 3 unspecified atom stereocenters. The fourth-order valence-corrected chi connectivity index (χ4v) is 2.62. The van der Waals surface area contributed by atoms with Crippen LogP contribution in [0.15, 0.2) is 36.0 Å². The zero-order valence-corrected chi connectivity index (χ0v) is 13.8. The minimum Gasteiger partial charge on any atom is -0.444 e. The van der Waals surface area contributed by atoms with Crippen molar-refractivity contribution in [3.63, 3.8) is 0 Å². The van der Waals surface area contributed by atoms with Gasteiger partial charge < -0.3 is 4.74 Å². The fraction of sp³-hybridized carbons (Fsp3) is 0.526. The van der Waals surface area contributed by atoms with Gasteiger partial charge in [-0.3, -0.25) is 4.79 Å². The molecule has 0 heterocycles. The molecular weight excluding hydrogens is 260 g/mol. The van der Waals surface area contributed by atoms with Crippen molar-refractivity contribution in [2.75, 3.05) is 0 Å². The predicted molar refractivity (Wildman–Crippen MR) is 87.5 cm³/mol. The van der Waals surface area contributed by atoms with Crippen LogP contribution in [0.25, 0.3) is 0 Å². The second-order valence-electron chi connectivity index (χ2n) is 6.52. The van der Waals surface area contributed by atoms with E-state index in [-0.39, 0.29) is 23.2 Å². The molecule has 0 aromatic heterocycles. The van der Waals surface area contributed by atoms with Crippen LogP contribution in [0.4, 0.5) is 0 Å². The van der Waals surface area contributed by atoms with Gasteiger partial charge in [0.1, 0.15) is 0 Å². The molecule has 0 aromatic carbocycles. The van der Waals surface area contributed by atoms with Gasteiger partial charge in [-0.1, -0.05) is 43.6 Å². The highest BCUT2D eigenvalue weighted by molar-refractivity contribution is 5.79. The number of hydrogen-bond acceptors (Lipinski definition) is 2. The summed E-state index contributed by atoms with van der Waals surface area (Å²) in [5, 5.41) is 0. The van der Waals surface area contributed by atoms with Crippen molar-refractivity contribution in [3.05, 3.63) is 36.0 Å². The number of allylic oxidation sites excluding steroid dienone is 4. The van der Waals surface area contributed by atoms with E-state index in [1.54, 1.807) is 6.08 Å². The molecule has 1 rings (SSSR count). The molecule has 0 bridgehead atoms. The van der Waals surface area contributed by atoms with Gasteiger partial charge in [-0.25, -0.2) is 0 Å². The summed E-state index contributed by atoms with van der Waals surface area (Å²) in [4.78, 5) is 12.4. The Kier molecular flexibility index (Phi) is 5.61. The summed E-state index contributed by atoms with van der Waals surface area (Å²) in [6, 6.07) is 0. The summed E-state index contributed by atoms with van der Waals surface area (Å²) in [7, 11) is 0. The average molecular weight is 286 g/mol. The number of carbonyl (C=O) groups excluding carboxylic acids is 1. The van der Waals surface area contributed by atoms with Gasteiger partial charge in [0.05, 0.1) is 5.92 Å². The van der Waals surface area contributed by atoms with Crippen LogP contribution >= 0.6 is 0 Å². The van der Waals surface area contributed by atoms with E-state index in [1.165, 1.54) is 5.57 Å². The van der Waals surface area contributed by atoms with Crippen molar-refractivity contribution in [1.29, 1.82) is 0 Å². The molecule has 0 aliphatic heterocycles. The van der Waals surface area contributed by atoms with E-state index in [0.717, 1.165) is 12.0 Å². The van der Waals surface area contributed by atoms with Crippen LogP contribution in [0.1, 0.15) is 41.0 Å². The van der Waals surface area contributed by atoms with Crippen molar-refractivity contribution >= 4 is 5.97 Å². The first-order chi connectivity index (χ1) is 9.75. The highest BCUT2D eigenvalue weighted by Crippen LogP contribution is 2.59. The fourth-order valence-electron chi connectivity index (χ4n) is 2.62. The summed E-state index contributed by atoms with van der Waals surface area (Å²) in [5.74, 6) is 2.49. The topological polar surface area (TPSA) is 26.3 Å². The maximum Gasteiger partial charge on any atom is 0.311 e. The Morgan fingerprint density at radius 2 is 2.05 bits per heavy atom. The first kappa shape index (κ1) is 17.3. The number of carbonyl (C=O) groups is 1. The van der Waals surface area contributed by atoms with E-state index >= 15 is 0 Å². The number of esters is 1. The number of rotatable bonds is 6. The standard InChI is InChI=1S/C19H26O2/c1-8-10-11-14(5)16(9-2)21-18(20)17-15(12-13(3)4)19(17,6)7/h2,8,11-12,15-17H,1,10H2,3-7H3/b14-11+. The smallest absolute Gasteiger partial charge is 0.311 e. The van der Waals surface area contributed by atoms with Crippen LogP contribution in [-0.4, -0.2) is 12.1 Å². The van der Waals surface area contributed by atoms with Crippen LogP contribution < -0.4 is 0 Å². The summed E-state index contributed by atoms with van der Waals surface area (Å²) in [6.07, 6.45) is 11.5. The van der Waals surface area contributed by atoms with Gasteiger partial charge in [-0.15, -0.1) is 13.0 Å². The number of terminal acetylenes is 1. The Labute approximate surface area is 129 Å². The SMILES string of the molecule is C#CC(OC(=O)C1C(C=C(C)C)C1(C)C)/C(C)=C/CC=C. The van der Waals surface area contributed by atoms with Gasteiger partial charge in [0.15, 0.2) is 6.10 Å². The zero-order valence-electron chi connectivity index (χ0n) is 13.8. The van der Waals surface area contributed by atoms with Crippen molar-refractivity contribution in [3.8, 4) is 12.3 Å². The highest BCUT2D eigenvalue weighted by Gasteiger charge is 2.61. The molecule has 114 valence electrons. The predicted octanol–water partition coefficient (Wildman–Crippen LogP) is 4.29. The van der Waals surface area contributed by atoms with Gasteiger partial charge in [0.2, 0.25) is 0 Å². The molecule has 0 aromatic rings. The molecule has 0 N–H and O–H groups in total. The first-order valence-corrected chi connectivity index (χ1v) is 7.34. The quantitative estimate of drug-likeness (QED) is 0.413. The summed E-state index contributed by atoms with van der Waals surface area (Å²) in [5.41, 5.74) is 2.05. The van der Waals surface area contributed by atoms with Gasteiger partial charge in [-0.05, 0) is 44.1 Å². The molecule has 3 atom stereocenters. The number of hydrogen-bond donors (Lipinski definition) is 0. The minimum atomic E-state index is -0.582. The van der Waals surface area contributed by atoms with Gasteiger partial charge >= 0.3 is 5.97 Å². The van der Waals surface area contributed by atoms with Crippen molar-refractivity contribution in [2.24, 2.45) is 17.3 Å².